The molecule has 2 aliphatic rings. The highest BCUT2D eigenvalue weighted by Crippen LogP contribution is 2.20. The molecule has 1 aromatic carbocycles. The Hall–Kier alpha value is -1.39. The molecule has 0 radical (unpaired) electrons. The van der Waals surface area contributed by atoms with E-state index in [2.05, 4.69) is 57.8 Å². The maximum atomic E-state index is 12.0. The largest absolute Gasteiger partial charge is 0.376 e. The van der Waals surface area contributed by atoms with E-state index in [4.69, 9.17) is 4.74 Å². The smallest absolute Gasteiger partial charge is 0.243 e. The summed E-state index contributed by atoms with van der Waals surface area (Å²) in [6.45, 7) is 6.05. The van der Waals surface area contributed by atoms with Gasteiger partial charge in [0, 0.05) is 52.4 Å². The van der Waals surface area contributed by atoms with Crippen LogP contribution in [0.4, 0.5) is 0 Å². The van der Waals surface area contributed by atoms with Gasteiger partial charge < -0.3 is 20.3 Å². The van der Waals surface area contributed by atoms with Crippen molar-refractivity contribution in [3.63, 3.8) is 0 Å². The Bertz CT molecular complexity index is 710. The normalized spacial score (nSPS) is 24.3. The van der Waals surface area contributed by atoms with E-state index >= 15 is 0 Å². The maximum absolute atomic E-state index is 12.0. The number of carbonyl (C=O) groups excluding carboxylic acids is 1. The van der Waals surface area contributed by atoms with Gasteiger partial charge in [0.1, 0.15) is 6.54 Å². The molecular formula is C24H40IN5O2. The average molecular weight is 558 g/mol. The highest BCUT2D eigenvalue weighted by molar-refractivity contribution is 14.0. The van der Waals surface area contributed by atoms with Gasteiger partial charge in [-0.2, -0.15) is 0 Å². The van der Waals surface area contributed by atoms with E-state index in [1.165, 1.54) is 12.0 Å². The zero-order valence-electron chi connectivity index (χ0n) is 19.8. The van der Waals surface area contributed by atoms with Crippen LogP contribution in [-0.2, 0) is 16.1 Å². The third-order valence-corrected chi connectivity index (χ3v) is 6.23. The number of rotatable bonds is 7. The van der Waals surface area contributed by atoms with E-state index in [0.29, 0.717) is 12.1 Å². The highest BCUT2D eigenvalue weighted by atomic mass is 127. The maximum Gasteiger partial charge on any atom is 0.243 e. The van der Waals surface area contributed by atoms with Crippen LogP contribution in [0, 0.1) is 0 Å². The zero-order chi connectivity index (χ0) is 22.1. The summed E-state index contributed by atoms with van der Waals surface area (Å²) in [5, 5.41) is 7.02. The molecule has 1 aromatic rings. The molecular weight excluding hydrogens is 517 g/mol. The van der Waals surface area contributed by atoms with Gasteiger partial charge in [0.25, 0.3) is 0 Å². The third kappa shape index (κ3) is 8.86. The molecule has 2 heterocycles. The van der Waals surface area contributed by atoms with Crippen LogP contribution >= 0.6 is 24.0 Å². The second-order valence-corrected chi connectivity index (χ2v) is 8.99. The van der Waals surface area contributed by atoms with Gasteiger partial charge >= 0.3 is 0 Å². The van der Waals surface area contributed by atoms with Crippen molar-refractivity contribution in [3.8, 4) is 0 Å². The number of nitrogens with one attached hydrogen (secondary N) is 2. The van der Waals surface area contributed by atoms with Gasteiger partial charge in [-0.25, -0.2) is 4.99 Å². The Balaban J connectivity index is 0.00000363. The molecule has 0 saturated carbocycles. The zero-order valence-corrected chi connectivity index (χ0v) is 22.1. The molecule has 2 aliphatic heterocycles. The van der Waals surface area contributed by atoms with Crippen LogP contribution in [0.15, 0.2) is 35.3 Å². The number of halogens is 1. The summed E-state index contributed by atoms with van der Waals surface area (Å²) in [7, 11) is 3.52. The van der Waals surface area contributed by atoms with Crippen molar-refractivity contribution in [1.29, 1.82) is 0 Å². The quantitative estimate of drug-likeness (QED) is 0.307. The first kappa shape index (κ1) is 26.9. The summed E-state index contributed by atoms with van der Waals surface area (Å²) < 4.78 is 5.84. The number of amides is 1. The van der Waals surface area contributed by atoms with Crippen molar-refractivity contribution in [1.82, 2.24) is 20.4 Å². The van der Waals surface area contributed by atoms with E-state index in [1.807, 2.05) is 0 Å². The number of likely N-dealkylation sites (N-methyl/N-ethyl adjacent to an activating group) is 1. The van der Waals surface area contributed by atoms with Crippen LogP contribution in [0.5, 0.6) is 0 Å². The molecule has 1 amide bonds. The molecule has 8 heteroatoms. The van der Waals surface area contributed by atoms with Crippen molar-refractivity contribution in [2.75, 3.05) is 40.3 Å². The fourth-order valence-electron chi connectivity index (χ4n) is 4.22. The van der Waals surface area contributed by atoms with Gasteiger partial charge in [-0.15, -0.1) is 24.0 Å². The molecule has 3 atom stereocenters. The van der Waals surface area contributed by atoms with Gasteiger partial charge in [-0.3, -0.25) is 9.69 Å². The van der Waals surface area contributed by atoms with E-state index in [9.17, 15) is 4.79 Å². The highest BCUT2D eigenvalue weighted by Gasteiger charge is 2.26. The van der Waals surface area contributed by atoms with E-state index in [0.717, 1.165) is 57.9 Å². The lowest BCUT2D eigenvalue weighted by molar-refractivity contribution is -0.127. The molecule has 180 valence electrons. The Morgan fingerprint density at radius 3 is 2.66 bits per heavy atom. The van der Waals surface area contributed by atoms with Crippen molar-refractivity contribution < 1.29 is 9.53 Å². The van der Waals surface area contributed by atoms with Crippen LogP contribution in [0.3, 0.4) is 0 Å². The first-order valence-corrected chi connectivity index (χ1v) is 11.7. The average Bonchev–Trinajstić information content (AvgIpc) is 2.78. The predicted octanol–water partition coefficient (Wildman–Crippen LogP) is 2.85. The molecule has 2 N–H and O–H groups in total. The lowest BCUT2D eigenvalue weighted by Gasteiger charge is -2.38. The number of ether oxygens (including phenoxy) is 1. The summed E-state index contributed by atoms with van der Waals surface area (Å²) in [5.74, 6) is 0.721. The number of aliphatic imine (C=N–C) groups is 1. The first-order valence-electron chi connectivity index (χ1n) is 11.7. The van der Waals surface area contributed by atoms with Crippen molar-refractivity contribution in [2.45, 2.75) is 63.8 Å². The molecule has 3 rings (SSSR count). The minimum atomic E-state index is 0. The van der Waals surface area contributed by atoms with Crippen LogP contribution in [0.1, 0.15) is 44.6 Å². The second-order valence-electron chi connectivity index (χ2n) is 8.99. The van der Waals surface area contributed by atoms with E-state index in [1.54, 1.807) is 19.0 Å². The molecule has 0 aromatic heterocycles. The Morgan fingerprint density at radius 2 is 2.00 bits per heavy atom. The standard InChI is InChI=1S/C24H39N5O2.HI/c1-19-15-21(12-13-29(19)18-20-9-5-4-6-10-20)27-24(26-17-23(30)28(2)3)25-16-22-11-7-8-14-31-22;/h4-6,9-10,19,21-22H,7-8,11-18H2,1-3H3,(H2,25,26,27);1H. The van der Waals surface area contributed by atoms with Crippen molar-refractivity contribution >= 4 is 35.8 Å². The van der Waals surface area contributed by atoms with Crippen LogP contribution in [0.25, 0.3) is 0 Å². The van der Waals surface area contributed by atoms with Gasteiger partial charge in [-0.1, -0.05) is 30.3 Å². The number of guanidine groups is 1. The number of hydrogen-bond acceptors (Lipinski definition) is 4. The second kappa shape index (κ2) is 14.0. The molecule has 0 bridgehead atoms. The lowest BCUT2D eigenvalue weighted by Crippen LogP contribution is -2.52. The summed E-state index contributed by atoms with van der Waals surface area (Å²) in [6, 6.07) is 11.5. The molecule has 7 nitrogen and oxygen atoms in total. The summed E-state index contributed by atoms with van der Waals surface area (Å²) in [6.07, 6.45) is 5.76. The number of likely N-dealkylation sites (tertiary alicyclic amines) is 1. The van der Waals surface area contributed by atoms with Gasteiger partial charge in [0.05, 0.1) is 6.10 Å². The SMILES string of the molecule is CC1CC(NC(=NCC(=O)N(C)C)NCC2CCCCO2)CCN1Cc1ccccc1.I. The molecule has 0 aliphatic carbocycles. The topological polar surface area (TPSA) is 69.2 Å². The number of hydrogen-bond donors (Lipinski definition) is 2. The van der Waals surface area contributed by atoms with Crippen LogP contribution in [0.2, 0.25) is 0 Å². The molecule has 2 saturated heterocycles. The first-order chi connectivity index (χ1) is 15.0. The molecule has 2 fully saturated rings. The van der Waals surface area contributed by atoms with Crippen molar-refractivity contribution in [2.24, 2.45) is 4.99 Å². The number of benzene rings is 1. The fourth-order valence-corrected chi connectivity index (χ4v) is 4.22. The number of nitrogens with zero attached hydrogens (tertiary/aromatic N) is 3. The van der Waals surface area contributed by atoms with Gasteiger partial charge in [0.2, 0.25) is 5.91 Å². The fraction of sp³-hybridized carbons (Fsp3) is 0.667. The Kier molecular flexibility index (Phi) is 11.7. The lowest BCUT2D eigenvalue weighted by atomic mass is 9.97. The van der Waals surface area contributed by atoms with Crippen LogP contribution in [-0.4, -0.2) is 80.2 Å². The third-order valence-electron chi connectivity index (χ3n) is 6.23. The molecule has 32 heavy (non-hydrogen) atoms. The van der Waals surface area contributed by atoms with Crippen molar-refractivity contribution in [3.05, 3.63) is 35.9 Å². The summed E-state index contributed by atoms with van der Waals surface area (Å²) in [4.78, 5) is 20.7. The molecule has 3 unspecified atom stereocenters. The van der Waals surface area contributed by atoms with Gasteiger partial charge in [-0.05, 0) is 44.6 Å². The summed E-state index contributed by atoms with van der Waals surface area (Å²) in [5.41, 5.74) is 1.36. The van der Waals surface area contributed by atoms with Crippen LogP contribution < -0.4 is 10.6 Å². The predicted molar refractivity (Wildman–Crippen MR) is 140 cm³/mol. The monoisotopic (exact) mass is 557 g/mol. The van der Waals surface area contributed by atoms with Gasteiger partial charge in [0.15, 0.2) is 5.96 Å². The minimum Gasteiger partial charge on any atom is -0.376 e. The Morgan fingerprint density at radius 1 is 1.22 bits per heavy atom. The Labute approximate surface area is 210 Å². The number of carbonyl (C=O) groups is 1. The van der Waals surface area contributed by atoms with E-state index in [-0.39, 0.29) is 42.5 Å². The minimum absolute atomic E-state index is 0. The summed E-state index contributed by atoms with van der Waals surface area (Å²) >= 11 is 0. The van der Waals surface area contributed by atoms with E-state index < -0.39 is 0 Å². The molecule has 0 spiro atoms. The number of piperidine rings is 1.